The molecule has 1 aromatic carbocycles. The third-order valence-electron chi connectivity index (χ3n) is 4.87. The molecule has 3 rings (SSSR count). The van der Waals surface area contributed by atoms with Crippen molar-refractivity contribution in [3.63, 3.8) is 0 Å². The smallest absolute Gasteiger partial charge is 0.408 e. The molecule has 11 heteroatoms. The molecule has 1 aliphatic heterocycles. The second-order valence-corrected chi connectivity index (χ2v) is 10.4. The maximum atomic E-state index is 13.0. The number of nitrogens with zero attached hydrogens (tertiary/aromatic N) is 2. The first kappa shape index (κ1) is 26.3. The molecule has 0 aliphatic carbocycles. The van der Waals surface area contributed by atoms with Gasteiger partial charge in [0.2, 0.25) is 11.8 Å². The Labute approximate surface area is 207 Å². The van der Waals surface area contributed by atoms with Gasteiger partial charge in [-0.25, -0.2) is 19.0 Å². The number of benzene rings is 1. The number of carboxylic acid groups (broad SMARTS) is 1. The quantitative estimate of drug-likeness (QED) is 0.528. The Morgan fingerprint density at radius 2 is 1.97 bits per heavy atom. The Balaban J connectivity index is 1.48. The lowest BCUT2D eigenvalue weighted by Crippen LogP contribution is -2.45. The van der Waals surface area contributed by atoms with E-state index in [1.54, 1.807) is 44.0 Å². The molecule has 2 atom stereocenters. The van der Waals surface area contributed by atoms with Crippen molar-refractivity contribution in [2.45, 2.75) is 50.6 Å². The molecular formula is C24H28FN3O6S. The largest absolute Gasteiger partial charge is 0.480 e. The highest BCUT2D eigenvalue weighted by atomic mass is 32.2. The summed E-state index contributed by atoms with van der Waals surface area (Å²) >= 11 is 1.33. The molecule has 2 heterocycles. The molecular weight excluding hydrogens is 477 g/mol. The van der Waals surface area contributed by atoms with E-state index < -0.39 is 23.7 Å². The number of hydrogen-bond donors (Lipinski definition) is 2. The predicted molar refractivity (Wildman–Crippen MR) is 128 cm³/mol. The Kier molecular flexibility index (Phi) is 8.55. The minimum absolute atomic E-state index is 0.0406. The second kappa shape index (κ2) is 11.4. The van der Waals surface area contributed by atoms with Crippen LogP contribution in [0, 0.1) is 5.82 Å². The van der Waals surface area contributed by atoms with Crippen molar-refractivity contribution < 1.29 is 33.4 Å². The van der Waals surface area contributed by atoms with Crippen molar-refractivity contribution in [3.05, 3.63) is 54.0 Å². The fourth-order valence-corrected chi connectivity index (χ4v) is 4.50. The van der Waals surface area contributed by atoms with Gasteiger partial charge >= 0.3 is 12.1 Å². The van der Waals surface area contributed by atoms with Crippen LogP contribution in [0.3, 0.4) is 0 Å². The van der Waals surface area contributed by atoms with Gasteiger partial charge in [-0.1, -0.05) is 6.07 Å². The van der Waals surface area contributed by atoms with Crippen LogP contribution >= 0.6 is 11.8 Å². The number of aliphatic carboxylic acids is 1. The van der Waals surface area contributed by atoms with Gasteiger partial charge in [-0.05, 0) is 50.6 Å². The molecule has 2 amide bonds. The van der Waals surface area contributed by atoms with E-state index in [4.69, 9.17) is 9.47 Å². The number of carbonyl (C=O) groups is 3. The van der Waals surface area contributed by atoms with Crippen LogP contribution in [-0.4, -0.2) is 62.2 Å². The van der Waals surface area contributed by atoms with Gasteiger partial charge in [0.15, 0.2) is 0 Å². The highest BCUT2D eigenvalue weighted by molar-refractivity contribution is 8.00. The van der Waals surface area contributed by atoms with Crippen LogP contribution in [0.25, 0.3) is 0 Å². The molecule has 1 fully saturated rings. The van der Waals surface area contributed by atoms with Crippen LogP contribution in [-0.2, 0) is 20.9 Å². The van der Waals surface area contributed by atoms with Crippen LogP contribution in [0.1, 0.15) is 32.8 Å². The van der Waals surface area contributed by atoms with Crippen LogP contribution in [0.4, 0.5) is 9.18 Å². The fraction of sp³-hybridized carbons (Fsp3) is 0.417. The lowest BCUT2D eigenvalue weighted by atomic mass is 10.2. The van der Waals surface area contributed by atoms with Gasteiger partial charge < -0.3 is 24.8 Å². The van der Waals surface area contributed by atoms with Crippen molar-refractivity contribution in [3.8, 4) is 11.6 Å². The molecule has 1 saturated heterocycles. The average molecular weight is 506 g/mol. The van der Waals surface area contributed by atoms with Crippen molar-refractivity contribution in [2.24, 2.45) is 0 Å². The monoisotopic (exact) mass is 505 g/mol. The zero-order valence-corrected chi connectivity index (χ0v) is 20.5. The zero-order valence-electron chi connectivity index (χ0n) is 19.7. The second-order valence-electron chi connectivity index (χ2n) is 9.03. The van der Waals surface area contributed by atoms with Gasteiger partial charge in [-0.2, -0.15) is 11.8 Å². The van der Waals surface area contributed by atoms with Gasteiger partial charge in [0.1, 0.15) is 23.2 Å². The topological polar surface area (TPSA) is 118 Å². The number of aromatic nitrogens is 1. The van der Waals surface area contributed by atoms with Gasteiger partial charge in [0, 0.05) is 42.8 Å². The van der Waals surface area contributed by atoms with Crippen molar-refractivity contribution in [1.82, 2.24) is 15.2 Å². The van der Waals surface area contributed by atoms with Crippen LogP contribution < -0.4 is 10.1 Å². The Bertz CT molecular complexity index is 1040. The standard InChI is InChI=1S/C24H28FN3O6S/c1-24(2,3)34-23(32)27-19(22(30)31)14-35-18-10-21(29)28(13-18)12-15-4-9-20(26-11-15)33-17-7-5-16(25)6-8-17/h4-9,11,18-19H,10,12-14H2,1-3H3,(H,27,32)(H,30,31)/t18-,19+/m1/s1. The number of alkyl carbamates (subject to hydrolysis) is 1. The minimum Gasteiger partial charge on any atom is -0.480 e. The molecule has 1 aromatic heterocycles. The van der Waals surface area contributed by atoms with E-state index in [0.717, 1.165) is 5.56 Å². The number of carbonyl (C=O) groups excluding carboxylic acids is 2. The number of amides is 2. The third kappa shape index (κ3) is 8.43. The summed E-state index contributed by atoms with van der Waals surface area (Å²) in [6.45, 7) is 5.89. The van der Waals surface area contributed by atoms with Gasteiger partial charge in [-0.15, -0.1) is 0 Å². The molecule has 9 nitrogen and oxygen atoms in total. The molecule has 188 valence electrons. The molecule has 0 unspecified atom stereocenters. The number of pyridine rings is 1. The van der Waals surface area contributed by atoms with Crippen molar-refractivity contribution in [1.29, 1.82) is 0 Å². The molecule has 35 heavy (non-hydrogen) atoms. The number of nitrogens with one attached hydrogen (secondary N) is 1. The number of rotatable bonds is 9. The minimum atomic E-state index is -1.17. The SMILES string of the molecule is CC(C)(C)OC(=O)N[C@@H](CS[C@@H]1CC(=O)N(Cc2ccc(Oc3ccc(F)cc3)nc2)C1)C(=O)O. The number of thioether (sulfide) groups is 1. The molecule has 0 saturated carbocycles. The first-order chi connectivity index (χ1) is 16.5. The molecule has 0 spiro atoms. The lowest BCUT2D eigenvalue weighted by molar-refractivity contribution is -0.138. The Morgan fingerprint density at radius 1 is 1.26 bits per heavy atom. The van der Waals surface area contributed by atoms with Crippen LogP contribution in [0.5, 0.6) is 11.6 Å². The van der Waals surface area contributed by atoms with E-state index in [1.165, 1.54) is 36.0 Å². The van der Waals surface area contributed by atoms with Gasteiger partial charge in [-0.3, -0.25) is 4.79 Å². The first-order valence-electron chi connectivity index (χ1n) is 11.0. The summed E-state index contributed by atoms with van der Waals surface area (Å²) in [6, 6.07) is 7.94. The fourth-order valence-electron chi connectivity index (χ4n) is 3.27. The number of likely N-dealkylation sites (tertiary alicyclic amines) is 1. The number of carboxylic acids is 1. The highest BCUT2D eigenvalue weighted by Crippen LogP contribution is 2.26. The predicted octanol–water partition coefficient (Wildman–Crippen LogP) is 3.83. The lowest BCUT2D eigenvalue weighted by Gasteiger charge is -2.22. The van der Waals surface area contributed by atoms with Crippen LogP contribution in [0.2, 0.25) is 0 Å². The number of hydrogen-bond acceptors (Lipinski definition) is 7. The summed E-state index contributed by atoms with van der Waals surface area (Å²) in [4.78, 5) is 41.8. The molecule has 2 aromatic rings. The first-order valence-corrected chi connectivity index (χ1v) is 12.0. The van der Waals surface area contributed by atoms with E-state index >= 15 is 0 Å². The summed E-state index contributed by atoms with van der Waals surface area (Å²) in [5.41, 5.74) is 0.0733. The molecule has 2 N–H and O–H groups in total. The van der Waals surface area contributed by atoms with Crippen molar-refractivity contribution in [2.75, 3.05) is 12.3 Å². The van der Waals surface area contributed by atoms with Crippen LogP contribution in [0.15, 0.2) is 42.6 Å². The zero-order chi connectivity index (χ0) is 25.6. The maximum absolute atomic E-state index is 13.0. The molecule has 0 radical (unpaired) electrons. The van der Waals surface area contributed by atoms with E-state index in [0.29, 0.717) is 24.7 Å². The third-order valence-corrected chi connectivity index (χ3v) is 6.19. The van der Waals surface area contributed by atoms with Gasteiger partial charge in [0.25, 0.3) is 0 Å². The van der Waals surface area contributed by atoms with Crippen molar-refractivity contribution >= 4 is 29.7 Å². The summed E-state index contributed by atoms with van der Waals surface area (Å²) in [5.74, 6) is -0.650. The summed E-state index contributed by atoms with van der Waals surface area (Å²) in [7, 11) is 0. The van der Waals surface area contributed by atoms with E-state index in [-0.39, 0.29) is 29.1 Å². The normalized spacial score (nSPS) is 16.6. The maximum Gasteiger partial charge on any atom is 0.408 e. The summed E-state index contributed by atoms with van der Waals surface area (Å²) < 4.78 is 23.7. The highest BCUT2D eigenvalue weighted by Gasteiger charge is 2.32. The Hall–Kier alpha value is -3.34. The van der Waals surface area contributed by atoms with E-state index in [1.807, 2.05) is 0 Å². The Morgan fingerprint density at radius 3 is 2.57 bits per heavy atom. The van der Waals surface area contributed by atoms with E-state index in [9.17, 15) is 23.9 Å². The molecule has 0 bridgehead atoms. The number of ether oxygens (including phenoxy) is 2. The summed E-state index contributed by atoms with van der Waals surface area (Å²) in [5, 5.41) is 11.7. The van der Waals surface area contributed by atoms with Gasteiger partial charge in [0.05, 0.1) is 0 Å². The number of halogens is 1. The summed E-state index contributed by atoms with van der Waals surface area (Å²) in [6.07, 6.45) is 1.09. The average Bonchev–Trinajstić information content (AvgIpc) is 3.11. The molecule has 1 aliphatic rings. The van der Waals surface area contributed by atoms with E-state index in [2.05, 4.69) is 10.3 Å².